The molecule has 0 amide bonds. The first kappa shape index (κ1) is 8.00. The Morgan fingerprint density at radius 2 is 2.36 bits per heavy atom. The third-order valence-corrected chi connectivity index (χ3v) is 3.00. The van der Waals surface area contributed by atoms with Crippen LogP contribution in [0.1, 0.15) is 18.0 Å². The molecule has 2 aliphatic heterocycles. The van der Waals surface area contributed by atoms with Crippen LogP contribution in [0, 0.1) is 0 Å². The molecule has 3 heteroatoms. The SMILES string of the molecule is O=c1cccc2n1C=C1CNC[C@H]2C1. The van der Waals surface area contributed by atoms with E-state index in [9.17, 15) is 4.79 Å². The normalized spacial score (nSPS) is 24.0. The molecule has 0 radical (unpaired) electrons. The lowest BCUT2D eigenvalue weighted by atomic mass is 9.90. The minimum Gasteiger partial charge on any atom is -0.312 e. The predicted molar refractivity (Wildman–Crippen MR) is 55.2 cm³/mol. The largest absolute Gasteiger partial charge is 0.312 e. The van der Waals surface area contributed by atoms with Gasteiger partial charge in [0.25, 0.3) is 5.56 Å². The number of pyridine rings is 1. The van der Waals surface area contributed by atoms with Crippen LogP contribution < -0.4 is 10.9 Å². The first-order chi connectivity index (χ1) is 6.84. The Hall–Kier alpha value is -1.35. The van der Waals surface area contributed by atoms with Gasteiger partial charge in [-0.15, -0.1) is 0 Å². The Kier molecular flexibility index (Phi) is 1.61. The minimum absolute atomic E-state index is 0.0894. The minimum atomic E-state index is 0.0894. The molecule has 2 bridgehead atoms. The number of nitrogens with one attached hydrogen (secondary N) is 1. The van der Waals surface area contributed by atoms with Crippen LogP contribution in [-0.2, 0) is 0 Å². The Balaban J connectivity index is 2.26. The van der Waals surface area contributed by atoms with Crippen molar-refractivity contribution in [1.82, 2.24) is 9.88 Å². The quantitative estimate of drug-likeness (QED) is 0.652. The molecule has 0 spiro atoms. The molecule has 0 aromatic carbocycles. The van der Waals surface area contributed by atoms with Crippen molar-refractivity contribution in [3.8, 4) is 0 Å². The number of hydrogen-bond donors (Lipinski definition) is 1. The third-order valence-electron chi connectivity index (χ3n) is 3.00. The molecule has 1 atom stereocenters. The highest BCUT2D eigenvalue weighted by Crippen LogP contribution is 2.29. The van der Waals surface area contributed by atoms with Gasteiger partial charge in [-0.25, -0.2) is 0 Å². The molecule has 1 fully saturated rings. The fourth-order valence-corrected chi connectivity index (χ4v) is 2.35. The summed E-state index contributed by atoms with van der Waals surface area (Å²) in [7, 11) is 0. The maximum atomic E-state index is 11.6. The molecule has 3 nitrogen and oxygen atoms in total. The maximum absolute atomic E-state index is 11.6. The third kappa shape index (κ3) is 1.06. The lowest BCUT2D eigenvalue weighted by molar-refractivity contribution is 0.507. The van der Waals surface area contributed by atoms with E-state index in [-0.39, 0.29) is 5.56 Å². The lowest BCUT2D eigenvalue weighted by Crippen LogP contribution is -2.36. The van der Waals surface area contributed by atoms with Gasteiger partial charge in [0.2, 0.25) is 0 Å². The van der Waals surface area contributed by atoms with Gasteiger partial charge in [0.1, 0.15) is 0 Å². The second-order valence-corrected chi connectivity index (χ2v) is 3.98. The molecule has 1 aromatic rings. The van der Waals surface area contributed by atoms with E-state index in [4.69, 9.17) is 0 Å². The summed E-state index contributed by atoms with van der Waals surface area (Å²) < 4.78 is 1.80. The highest BCUT2D eigenvalue weighted by Gasteiger charge is 2.24. The van der Waals surface area contributed by atoms with E-state index in [2.05, 4.69) is 5.32 Å². The summed E-state index contributed by atoms with van der Waals surface area (Å²) >= 11 is 0. The van der Waals surface area contributed by atoms with Crippen molar-refractivity contribution < 1.29 is 0 Å². The first-order valence-electron chi connectivity index (χ1n) is 4.96. The summed E-state index contributed by atoms with van der Waals surface area (Å²) in [4.78, 5) is 11.6. The predicted octanol–water partition coefficient (Wildman–Crippen LogP) is 0.780. The number of rotatable bonds is 0. The second kappa shape index (κ2) is 2.82. The fraction of sp³-hybridized carbons (Fsp3) is 0.364. The van der Waals surface area contributed by atoms with Crippen LogP contribution in [0.25, 0.3) is 6.20 Å². The van der Waals surface area contributed by atoms with E-state index in [1.807, 2.05) is 18.3 Å². The Morgan fingerprint density at radius 1 is 1.43 bits per heavy atom. The molecule has 3 heterocycles. The average Bonchev–Trinajstić information content (AvgIpc) is 2.20. The fourth-order valence-electron chi connectivity index (χ4n) is 2.35. The molecule has 1 saturated heterocycles. The molecular weight excluding hydrogens is 176 g/mol. The molecule has 0 aliphatic carbocycles. The van der Waals surface area contributed by atoms with Crippen molar-refractivity contribution in [1.29, 1.82) is 0 Å². The van der Waals surface area contributed by atoms with Gasteiger partial charge < -0.3 is 5.32 Å². The lowest BCUT2D eigenvalue weighted by Gasteiger charge is -2.31. The van der Waals surface area contributed by atoms with Crippen molar-refractivity contribution >= 4 is 6.20 Å². The summed E-state index contributed by atoms with van der Waals surface area (Å²) in [6.07, 6.45) is 3.09. The van der Waals surface area contributed by atoms with Gasteiger partial charge in [0.15, 0.2) is 0 Å². The van der Waals surface area contributed by atoms with E-state index < -0.39 is 0 Å². The number of nitrogens with zero attached hydrogens (tertiary/aromatic N) is 1. The van der Waals surface area contributed by atoms with Crippen molar-refractivity contribution in [3.05, 3.63) is 39.8 Å². The summed E-state index contributed by atoms with van der Waals surface area (Å²) in [6.45, 7) is 1.91. The number of piperidine rings is 1. The van der Waals surface area contributed by atoms with E-state index in [1.165, 1.54) is 5.57 Å². The summed E-state index contributed by atoms with van der Waals surface area (Å²) in [6, 6.07) is 5.52. The van der Waals surface area contributed by atoms with E-state index >= 15 is 0 Å². The zero-order chi connectivity index (χ0) is 9.54. The van der Waals surface area contributed by atoms with Crippen LogP contribution in [-0.4, -0.2) is 17.7 Å². The average molecular weight is 188 g/mol. The van der Waals surface area contributed by atoms with Gasteiger partial charge in [-0.1, -0.05) is 6.07 Å². The van der Waals surface area contributed by atoms with Crippen LogP contribution in [0.3, 0.4) is 0 Å². The monoisotopic (exact) mass is 188 g/mol. The maximum Gasteiger partial charge on any atom is 0.254 e. The van der Waals surface area contributed by atoms with Gasteiger partial charge in [-0.2, -0.15) is 0 Å². The molecule has 0 unspecified atom stereocenters. The molecule has 1 N–H and O–H groups in total. The van der Waals surface area contributed by atoms with Crippen LogP contribution >= 0.6 is 0 Å². The number of aromatic nitrogens is 1. The zero-order valence-electron chi connectivity index (χ0n) is 7.86. The highest BCUT2D eigenvalue weighted by atomic mass is 16.1. The zero-order valence-corrected chi connectivity index (χ0v) is 7.86. The molecule has 72 valence electrons. The second-order valence-electron chi connectivity index (χ2n) is 3.98. The smallest absolute Gasteiger partial charge is 0.254 e. The topological polar surface area (TPSA) is 34.0 Å². The van der Waals surface area contributed by atoms with Crippen molar-refractivity contribution in [2.75, 3.05) is 13.1 Å². The summed E-state index contributed by atoms with van der Waals surface area (Å²) in [5.74, 6) is 0.484. The van der Waals surface area contributed by atoms with Crippen LogP contribution in [0.2, 0.25) is 0 Å². The molecule has 1 aromatic heterocycles. The van der Waals surface area contributed by atoms with Gasteiger partial charge in [0, 0.05) is 37.0 Å². The highest BCUT2D eigenvalue weighted by molar-refractivity contribution is 5.42. The van der Waals surface area contributed by atoms with Crippen LogP contribution in [0.15, 0.2) is 28.6 Å². The van der Waals surface area contributed by atoms with Gasteiger partial charge in [-0.05, 0) is 18.1 Å². The van der Waals surface area contributed by atoms with E-state index in [0.717, 1.165) is 25.2 Å². The molecular formula is C11H12N2O. The van der Waals surface area contributed by atoms with Crippen molar-refractivity contribution in [3.63, 3.8) is 0 Å². The standard InChI is InChI=1S/C11H12N2O/c14-11-3-1-2-10-9-4-8(5-12-6-9)7-13(10)11/h1-3,7,9,12H,4-6H2/t9-/m1/s1. The van der Waals surface area contributed by atoms with Gasteiger partial charge in [0.05, 0.1) is 0 Å². The van der Waals surface area contributed by atoms with Crippen LogP contribution in [0.4, 0.5) is 0 Å². The van der Waals surface area contributed by atoms with E-state index in [1.54, 1.807) is 10.6 Å². The Labute approximate surface area is 82.1 Å². The molecule has 3 rings (SSSR count). The van der Waals surface area contributed by atoms with Gasteiger partial charge >= 0.3 is 0 Å². The summed E-state index contributed by atoms with van der Waals surface area (Å²) in [5.41, 5.74) is 2.57. The van der Waals surface area contributed by atoms with Crippen molar-refractivity contribution in [2.24, 2.45) is 0 Å². The first-order valence-corrected chi connectivity index (χ1v) is 4.96. The molecule has 0 saturated carbocycles. The molecule has 14 heavy (non-hydrogen) atoms. The number of fused-ring (bicyclic) bond motifs is 4. The molecule has 2 aliphatic rings. The van der Waals surface area contributed by atoms with Crippen molar-refractivity contribution in [2.45, 2.75) is 12.3 Å². The Bertz CT molecular complexity index is 459. The van der Waals surface area contributed by atoms with Crippen LogP contribution in [0.5, 0.6) is 0 Å². The number of hydrogen-bond acceptors (Lipinski definition) is 2. The van der Waals surface area contributed by atoms with Gasteiger partial charge in [-0.3, -0.25) is 9.36 Å². The summed E-state index contributed by atoms with van der Waals surface area (Å²) in [5, 5.41) is 3.36. The Morgan fingerprint density at radius 3 is 3.29 bits per heavy atom. The van der Waals surface area contributed by atoms with E-state index in [0.29, 0.717) is 5.92 Å².